The van der Waals surface area contributed by atoms with E-state index in [2.05, 4.69) is 44.0 Å². The molecule has 1 spiro atoms. The summed E-state index contributed by atoms with van der Waals surface area (Å²) >= 11 is 0. The molecule has 3 heterocycles. The number of hydrogen-bond acceptors (Lipinski definition) is 4. The summed E-state index contributed by atoms with van der Waals surface area (Å²) < 4.78 is 0. The number of likely N-dealkylation sites (tertiary alicyclic amines) is 1. The van der Waals surface area contributed by atoms with Gasteiger partial charge in [-0.3, -0.25) is 4.79 Å². The van der Waals surface area contributed by atoms with Crippen molar-refractivity contribution in [2.75, 3.05) is 31.1 Å². The van der Waals surface area contributed by atoms with Crippen molar-refractivity contribution in [2.24, 2.45) is 5.41 Å². The molecule has 0 N–H and O–H groups in total. The van der Waals surface area contributed by atoms with E-state index in [9.17, 15) is 4.79 Å². The monoisotopic (exact) mass is 364 g/mol. The van der Waals surface area contributed by atoms with Gasteiger partial charge in [-0.25, -0.2) is 9.97 Å². The number of benzene rings is 1. The Bertz CT molecular complexity index is 794. The fraction of sp³-hybridized carbons (Fsp3) is 0.500. The Kier molecular flexibility index (Phi) is 5.10. The largest absolute Gasteiger partial charge is 0.356 e. The maximum absolute atomic E-state index is 12.5. The van der Waals surface area contributed by atoms with Crippen molar-refractivity contribution in [1.82, 2.24) is 14.9 Å². The maximum Gasteiger partial charge on any atom is 0.222 e. The van der Waals surface area contributed by atoms with Crippen molar-refractivity contribution in [2.45, 2.75) is 39.0 Å². The molecule has 27 heavy (non-hydrogen) atoms. The summed E-state index contributed by atoms with van der Waals surface area (Å²) in [7, 11) is 0. The molecule has 142 valence electrons. The lowest BCUT2D eigenvalue weighted by Gasteiger charge is -2.48. The SMILES string of the molecule is Cc1nccc(N2CCC[C@]3(CCC(=O)N(CCc4ccccc4)C3)C2)n1. The van der Waals surface area contributed by atoms with Gasteiger partial charge in [0.15, 0.2) is 0 Å². The predicted molar refractivity (Wildman–Crippen MR) is 107 cm³/mol. The van der Waals surface area contributed by atoms with E-state index in [4.69, 9.17) is 0 Å². The molecule has 0 saturated carbocycles. The van der Waals surface area contributed by atoms with Gasteiger partial charge in [0.05, 0.1) is 0 Å². The topological polar surface area (TPSA) is 49.3 Å². The Balaban J connectivity index is 1.44. The van der Waals surface area contributed by atoms with Gasteiger partial charge in [0, 0.05) is 44.2 Å². The Morgan fingerprint density at radius 2 is 1.96 bits per heavy atom. The summed E-state index contributed by atoms with van der Waals surface area (Å²) in [5.41, 5.74) is 1.49. The highest BCUT2D eigenvalue weighted by molar-refractivity contribution is 5.77. The van der Waals surface area contributed by atoms with Gasteiger partial charge in [0.2, 0.25) is 5.91 Å². The normalized spacial score (nSPS) is 23.1. The molecular weight excluding hydrogens is 336 g/mol. The number of aryl methyl sites for hydroxylation is 1. The molecule has 5 nitrogen and oxygen atoms in total. The highest BCUT2D eigenvalue weighted by Gasteiger charge is 2.41. The fourth-order valence-corrected chi connectivity index (χ4v) is 4.57. The summed E-state index contributed by atoms with van der Waals surface area (Å²) in [5, 5.41) is 0. The standard InChI is InChI=1S/C22H28N4O/c1-18-23-13-9-20(24-18)25-14-5-11-22(16-25)12-8-21(27)26(17-22)15-10-19-6-3-2-4-7-19/h2-4,6-7,9,13H,5,8,10-12,14-17H2,1H3/t22-/m0/s1. The van der Waals surface area contributed by atoms with Crippen LogP contribution in [-0.4, -0.2) is 47.0 Å². The van der Waals surface area contributed by atoms with Crippen LogP contribution in [0.5, 0.6) is 0 Å². The lowest BCUT2D eigenvalue weighted by atomic mass is 9.73. The van der Waals surface area contributed by atoms with Crippen molar-refractivity contribution >= 4 is 11.7 Å². The van der Waals surface area contributed by atoms with E-state index in [1.54, 1.807) is 0 Å². The molecule has 2 saturated heterocycles. The third-order valence-corrected chi connectivity index (χ3v) is 6.01. The van der Waals surface area contributed by atoms with Gasteiger partial charge < -0.3 is 9.80 Å². The lowest BCUT2D eigenvalue weighted by Crippen LogP contribution is -2.54. The Hall–Kier alpha value is -2.43. The second-order valence-corrected chi connectivity index (χ2v) is 8.04. The third kappa shape index (κ3) is 4.12. The molecule has 1 amide bonds. The smallest absolute Gasteiger partial charge is 0.222 e. The Labute approximate surface area is 161 Å². The van der Waals surface area contributed by atoms with Crippen LogP contribution in [-0.2, 0) is 11.2 Å². The van der Waals surface area contributed by atoms with Gasteiger partial charge >= 0.3 is 0 Å². The summed E-state index contributed by atoms with van der Waals surface area (Å²) in [4.78, 5) is 25.9. The number of carbonyl (C=O) groups is 1. The Morgan fingerprint density at radius 1 is 1.11 bits per heavy atom. The van der Waals surface area contributed by atoms with Crippen molar-refractivity contribution < 1.29 is 4.79 Å². The van der Waals surface area contributed by atoms with Crippen LogP contribution in [0.2, 0.25) is 0 Å². The second kappa shape index (κ2) is 7.67. The minimum absolute atomic E-state index is 0.196. The van der Waals surface area contributed by atoms with Gasteiger partial charge in [-0.15, -0.1) is 0 Å². The number of nitrogens with zero attached hydrogens (tertiary/aromatic N) is 4. The minimum Gasteiger partial charge on any atom is -0.356 e. The number of carbonyl (C=O) groups excluding carboxylic acids is 1. The number of hydrogen-bond donors (Lipinski definition) is 0. The Morgan fingerprint density at radius 3 is 2.78 bits per heavy atom. The molecular formula is C22H28N4O. The first kappa shape index (κ1) is 18.0. The van der Waals surface area contributed by atoms with Crippen LogP contribution in [0.25, 0.3) is 0 Å². The molecule has 2 aliphatic rings. The first-order valence-electron chi connectivity index (χ1n) is 10.00. The maximum atomic E-state index is 12.5. The molecule has 0 aliphatic carbocycles. The molecule has 5 heteroatoms. The fourth-order valence-electron chi connectivity index (χ4n) is 4.57. The molecule has 1 aromatic carbocycles. The minimum atomic E-state index is 0.196. The van der Waals surface area contributed by atoms with Crippen molar-refractivity contribution in [3.63, 3.8) is 0 Å². The zero-order valence-corrected chi connectivity index (χ0v) is 16.1. The van der Waals surface area contributed by atoms with E-state index in [0.29, 0.717) is 12.3 Å². The number of amides is 1. The average Bonchev–Trinajstić information content (AvgIpc) is 2.70. The van der Waals surface area contributed by atoms with Crippen molar-refractivity contribution in [3.05, 3.63) is 54.0 Å². The number of piperidine rings is 2. The van der Waals surface area contributed by atoms with Crippen LogP contribution >= 0.6 is 0 Å². The zero-order valence-electron chi connectivity index (χ0n) is 16.1. The number of anilines is 1. The predicted octanol–water partition coefficient (Wildman–Crippen LogP) is 3.24. The number of aromatic nitrogens is 2. The molecule has 0 bridgehead atoms. The van der Waals surface area contributed by atoms with E-state index in [0.717, 1.165) is 57.1 Å². The first-order valence-corrected chi connectivity index (χ1v) is 10.00. The van der Waals surface area contributed by atoms with E-state index < -0.39 is 0 Å². The first-order chi connectivity index (χ1) is 13.1. The molecule has 1 atom stereocenters. The van der Waals surface area contributed by atoms with Crippen LogP contribution in [0, 0.1) is 12.3 Å². The van der Waals surface area contributed by atoms with Crippen molar-refractivity contribution in [1.29, 1.82) is 0 Å². The zero-order chi connectivity index (χ0) is 18.7. The van der Waals surface area contributed by atoms with Gasteiger partial charge in [0.1, 0.15) is 11.6 Å². The third-order valence-electron chi connectivity index (χ3n) is 6.01. The quantitative estimate of drug-likeness (QED) is 0.836. The molecule has 4 rings (SSSR count). The highest BCUT2D eigenvalue weighted by Crippen LogP contribution is 2.39. The van der Waals surface area contributed by atoms with Crippen LogP contribution in [0.3, 0.4) is 0 Å². The summed E-state index contributed by atoms with van der Waals surface area (Å²) in [6.45, 7) is 5.65. The van der Waals surface area contributed by atoms with E-state index in [1.807, 2.05) is 25.3 Å². The van der Waals surface area contributed by atoms with Crippen LogP contribution in [0.1, 0.15) is 37.1 Å². The second-order valence-electron chi connectivity index (χ2n) is 8.04. The summed E-state index contributed by atoms with van der Waals surface area (Å²) in [6, 6.07) is 12.5. The van der Waals surface area contributed by atoms with Gasteiger partial charge in [-0.2, -0.15) is 0 Å². The molecule has 2 fully saturated rings. The van der Waals surface area contributed by atoms with Gasteiger partial charge in [-0.05, 0) is 44.2 Å². The molecule has 2 aromatic rings. The molecule has 0 unspecified atom stereocenters. The summed E-state index contributed by atoms with van der Waals surface area (Å²) in [6.07, 6.45) is 6.79. The highest BCUT2D eigenvalue weighted by atomic mass is 16.2. The van der Waals surface area contributed by atoms with Gasteiger partial charge in [-0.1, -0.05) is 30.3 Å². The molecule has 2 aliphatic heterocycles. The summed E-state index contributed by atoms with van der Waals surface area (Å²) in [5.74, 6) is 2.15. The van der Waals surface area contributed by atoms with E-state index in [1.165, 1.54) is 12.0 Å². The van der Waals surface area contributed by atoms with E-state index >= 15 is 0 Å². The van der Waals surface area contributed by atoms with E-state index in [-0.39, 0.29) is 5.41 Å². The van der Waals surface area contributed by atoms with Crippen LogP contribution in [0.15, 0.2) is 42.6 Å². The number of rotatable bonds is 4. The molecule has 1 aromatic heterocycles. The molecule has 0 radical (unpaired) electrons. The lowest BCUT2D eigenvalue weighted by molar-refractivity contribution is -0.137. The van der Waals surface area contributed by atoms with Crippen LogP contribution < -0.4 is 4.90 Å². The van der Waals surface area contributed by atoms with Crippen molar-refractivity contribution in [3.8, 4) is 0 Å². The van der Waals surface area contributed by atoms with Crippen LogP contribution in [0.4, 0.5) is 5.82 Å². The van der Waals surface area contributed by atoms with Gasteiger partial charge in [0.25, 0.3) is 0 Å². The average molecular weight is 364 g/mol.